The number of hydrogen-bond donors (Lipinski definition) is 1. The van der Waals surface area contributed by atoms with E-state index < -0.39 is 5.82 Å². The van der Waals surface area contributed by atoms with Gasteiger partial charge in [0.1, 0.15) is 0 Å². The van der Waals surface area contributed by atoms with Gasteiger partial charge in [0.25, 0.3) is 0 Å². The number of nitrogens with zero attached hydrogens (tertiary/aromatic N) is 3. The summed E-state index contributed by atoms with van der Waals surface area (Å²) < 4.78 is 12.4. The molecule has 1 aliphatic rings. The minimum Gasteiger partial charge on any atom is -0.338 e. The van der Waals surface area contributed by atoms with Gasteiger partial charge >= 0.3 is 0 Å². The quantitative estimate of drug-likeness (QED) is 0.832. The van der Waals surface area contributed by atoms with Gasteiger partial charge < -0.3 is 10.6 Å². The zero-order chi connectivity index (χ0) is 8.55. The van der Waals surface area contributed by atoms with Gasteiger partial charge in [-0.1, -0.05) is 0 Å². The molecule has 2 heterocycles. The van der Waals surface area contributed by atoms with E-state index in [9.17, 15) is 4.39 Å². The van der Waals surface area contributed by atoms with E-state index in [1.807, 2.05) is 4.90 Å². The molecule has 1 aliphatic heterocycles. The fraction of sp³-hybridized carbons (Fsp3) is 0.429. The van der Waals surface area contributed by atoms with Gasteiger partial charge in [0.05, 0.1) is 12.4 Å². The summed E-state index contributed by atoms with van der Waals surface area (Å²) in [6.45, 7) is 1.51. The Bertz CT molecular complexity index is 276. The predicted molar refractivity (Wildman–Crippen MR) is 62.8 cm³/mol. The Morgan fingerprint density at radius 2 is 1.79 bits per heavy atom. The van der Waals surface area contributed by atoms with Crippen molar-refractivity contribution in [2.75, 3.05) is 18.0 Å². The summed E-state index contributed by atoms with van der Waals surface area (Å²) >= 11 is 0. The monoisotopic (exact) mass is 328 g/mol. The van der Waals surface area contributed by atoms with Crippen LogP contribution in [0, 0.1) is 5.82 Å². The molecule has 0 amide bonds. The van der Waals surface area contributed by atoms with Crippen molar-refractivity contribution in [2.24, 2.45) is 5.73 Å². The Balaban J connectivity index is 0.000000845. The molecule has 1 fully saturated rings. The van der Waals surface area contributed by atoms with Crippen LogP contribution >= 0.6 is 34.0 Å². The van der Waals surface area contributed by atoms with E-state index in [0.29, 0.717) is 5.95 Å². The molecule has 7 heteroatoms. The molecule has 1 saturated heterocycles. The van der Waals surface area contributed by atoms with E-state index >= 15 is 0 Å². The molecule has 1 aromatic rings. The highest BCUT2D eigenvalue weighted by Gasteiger charge is 2.24. The van der Waals surface area contributed by atoms with Crippen molar-refractivity contribution in [1.82, 2.24) is 9.97 Å². The Hall–Kier alpha value is -0.270. The average Bonchev–Trinajstić information content (AvgIpc) is 2.01. The Labute approximate surface area is 102 Å². The molecule has 0 atom stereocenters. The molecule has 14 heavy (non-hydrogen) atoms. The maximum atomic E-state index is 12.4. The third-order valence-corrected chi connectivity index (χ3v) is 1.80. The van der Waals surface area contributed by atoms with Crippen LogP contribution in [0.2, 0.25) is 0 Å². The van der Waals surface area contributed by atoms with Gasteiger partial charge in [-0.3, -0.25) is 0 Å². The van der Waals surface area contributed by atoms with Crippen molar-refractivity contribution in [2.45, 2.75) is 6.04 Å². The van der Waals surface area contributed by atoms with Gasteiger partial charge in [-0.15, -0.1) is 34.0 Å². The lowest BCUT2D eigenvalue weighted by atomic mass is 10.1. The summed E-state index contributed by atoms with van der Waals surface area (Å²) in [6, 6.07) is 0.207. The van der Waals surface area contributed by atoms with Crippen LogP contribution in [0.5, 0.6) is 0 Å². The lowest BCUT2D eigenvalue weighted by Crippen LogP contribution is -2.56. The van der Waals surface area contributed by atoms with Gasteiger partial charge in [0, 0.05) is 19.1 Å². The lowest BCUT2D eigenvalue weighted by molar-refractivity contribution is 0.506. The van der Waals surface area contributed by atoms with Crippen LogP contribution in [0.1, 0.15) is 0 Å². The maximum Gasteiger partial charge on any atom is 0.225 e. The first-order chi connectivity index (χ1) is 5.75. The zero-order valence-corrected chi connectivity index (χ0v) is 10.7. The van der Waals surface area contributed by atoms with Crippen LogP contribution in [-0.4, -0.2) is 29.1 Å². The topological polar surface area (TPSA) is 55.0 Å². The highest BCUT2D eigenvalue weighted by atomic mass is 79.9. The van der Waals surface area contributed by atoms with E-state index in [2.05, 4.69) is 9.97 Å². The fourth-order valence-corrected chi connectivity index (χ4v) is 1.14. The summed E-state index contributed by atoms with van der Waals surface area (Å²) in [7, 11) is 0. The van der Waals surface area contributed by atoms with E-state index in [1.165, 1.54) is 0 Å². The minimum atomic E-state index is -0.413. The fourth-order valence-electron chi connectivity index (χ4n) is 1.14. The number of hydrogen-bond acceptors (Lipinski definition) is 4. The SMILES string of the molecule is Br.Br.NC1CN(c2ncc(F)cn2)C1. The van der Waals surface area contributed by atoms with Gasteiger partial charge in [-0.05, 0) is 0 Å². The number of rotatable bonds is 1. The molecule has 0 aromatic carbocycles. The van der Waals surface area contributed by atoms with Crippen molar-refractivity contribution in [3.63, 3.8) is 0 Å². The molecule has 0 radical (unpaired) electrons. The molecule has 80 valence electrons. The largest absolute Gasteiger partial charge is 0.338 e. The van der Waals surface area contributed by atoms with Crippen LogP contribution in [0.4, 0.5) is 10.3 Å². The molecule has 0 saturated carbocycles. The highest BCUT2D eigenvalue weighted by molar-refractivity contribution is 8.93. The first-order valence-electron chi connectivity index (χ1n) is 3.74. The van der Waals surface area contributed by atoms with Crippen LogP contribution in [0.3, 0.4) is 0 Å². The Morgan fingerprint density at radius 3 is 2.21 bits per heavy atom. The van der Waals surface area contributed by atoms with Crippen molar-refractivity contribution < 1.29 is 4.39 Å². The van der Waals surface area contributed by atoms with Crippen molar-refractivity contribution in [3.05, 3.63) is 18.2 Å². The van der Waals surface area contributed by atoms with Crippen LogP contribution in [0.15, 0.2) is 12.4 Å². The van der Waals surface area contributed by atoms with Gasteiger partial charge in [0.2, 0.25) is 5.95 Å². The summed E-state index contributed by atoms with van der Waals surface area (Å²) in [4.78, 5) is 9.54. The zero-order valence-electron chi connectivity index (χ0n) is 7.26. The molecule has 1 aromatic heterocycles. The van der Waals surface area contributed by atoms with E-state index in [4.69, 9.17) is 5.73 Å². The van der Waals surface area contributed by atoms with Crippen molar-refractivity contribution >= 4 is 39.9 Å². The van der Waals surface area contributed by atoms with E-state index in [-0.39, 0.29) is 40.0 Å². The lowest BCUT2D eigenvalue weighted by Gasteiger charge is -2.36. The molecule has 0 spiro atoms. The number of halogens is 3. The molecule has 2 N–H and O–H groups in total. The van der Waals surface area contributed by atoms with Crippen LogP contribution in [0.25, 0.3) is 0 Å². The Kier molecular flexibility index (Phi) is 5.46. The Morgan fingerprint density at radius 1 is 1.29 bits per heavy atom. The van der Waals surface area contributed by atoms with Gasteiger partial charge in [-0.2, -0.15) is 0 Å². The molecular formula is C7H11Br2FN4. The standard InChI is InChI=1S/C7H9FN4.2BrH/c8-5-1-10-7(11-2-5)12-3-6(9)4-12;;/h1-2,6H,3-4,9H2;2*1H. The summed E-state index contributed by atoms with van der Waals surface area (Å²) in [6.07, 6.45) is 2.32. The molecule has 2 rings (SSSR count). The van der Waals surface area contributed by atoms with E-state index in [0.717, 1.165) is 25.5 Å². The second kappa shape index (κ2) is 5.57. The third kappa shape index (κ3) is 2.86. The van der Waals surface area contributed by atoms with Crippen LogP contribution < -0.4 is 10.6 Å². The maximum absolute atomic E-state index is 12.4. The van der Waals surface area contributed by atoms with E-state index in [1.54, 1.807) is 0 Å². The summed E-state index contributed by atoms with van der Waals surface area (Å²) in [5.41, 5.74) is 5.56. The number of anilines is 1. The summed E-state index contributed by atoms with van der Waals surface area (Å²) in [5, 5.41) is 0. The van der Waals surface area contributed by atoms with Gasteiger partial charge in [0.15, 0.2) is 5.82 Å². The molecule has 0 unspecified atom stereocenters. The molecule has 0 bridgehead atoms. The normalized spacial score (nSPS) is 15.1. The highest BCUT2D eigenvalue weighted by Crippen LogP contribution is 2.13. The number of aromatic nitrogens is 2. The first kappa shape index (κ1) is 13.7. The van der Waals surface area contributed by atoms with Crippen molar-refractivity contribution in [3.8, 4) is 0 Å². The molecular weight excluding hydrogens is 319 g/mol. The number of nitrogens with two attached hydrogens (primary N) is 1. The molecule has 4 nitrogen and oxygen atoms in total. The van der Waals surface area contributed by atoms with Gasteiger partial charge in [-0.25, -0.2) is 14.4 Å². The third-order valence-electron chi connectivity index (χ3n) is 1.80. The minimum absolute atomic E-state index is 0. The first-order valence-corrected chi connectivity index (χ1v) is 3.74. The average molecular weight is 330 g/mol. The summed E-state index contributed by atoms with van der Waals surface area (Å²) in [5.74, 6) is 0.140. The van der Waals surface area contributed by atoms with Crippen molar-refractivity contribution in [1.29, 1.82) is 0 Å². The second-order valence-electron chi connectivity index (χ2n) is 2.87. The van der Waals surface area contributed by atoms with Crippen LogP contribution in [-0.2, 0) is 0 Å². The second-order valence-corrected chi connectivity index (χ2v) is 2.87. The molecule has 0 aliphatic carbocycles. The predicted octanol–water partition coefficient (Wildman–Crippen LogP) is 0.919. The smallest absolute Gasteiger partial charge is 0.225 e.